The van der Waals surface area contributed by atoms with Crippen LogP contribution >= 0.6 is 0 Å². The third-order valence-electron chi connectivity index (χ3n) is 4.81. The monoisotopic (exact) mass is 371 g/mol. The van der Waals surface area contributed by atoms with Crippen LogP contribution in [0, 0.1) is 0 Å². The van der Waals surface area contributed by atoms with E-state index in [4.69, 9.17) is 10.3 Å². The number of rotatable bonds is 8. The summed E-state index contributed by atoms with van der Waals surface area (Å²) in [4.78, 5) is 40.4. The average molecular weight is 371 g/mol. The van der Waals surface area contributed by atoms with E-state index in [1.165, 1.54) is 0 Å². The molecule has 3 amide bonds. The minimum absolute atomic E-state index is 0.160. The third-order valence-corrected chi connectivity index (χ3v) is 4.81. The number of imide groups is 1. The number of carbonyl (C=O) groups is 3. The van der Waals surface area contributed by atoms with Gasteiger partial charge in [0.1, 0.15) is 6.04 Å². The summed E-state index contributed by atoms with van der Waals surface area (Å²) in [6.45, 7) is 1.62. The predicted molar refractivity (Wildman–Crippen MR) is 95.6 cm³/mol. The van der Waals surface area contributed by atoms with Gasteiger partial charge in [0.25, 0.3) is 5.91 Å². The number of amides is 3. The molecule has 2 heterocycles. The first kappa shape index (κ1) is 18.9. The maximum atomic E-state index is 12.7. The normalized spacial score (nSPS) is 18.9. The highest BCUT2D eigenvalue weighted by atomic mass is 16.5. The fraction of sp³-hybridized carbons (Fsp3) is 0.500. The molecule has 1 unspecified atom stereocenters. The van der Waals surface area contributed by atoms with E-state index < -0.39 is 11.9 Å². The number of hydrogen-bond donors (Lipinski definition) is 1. The Morgan fingerprint density at radius 1 is 1.30 bits per heavy atom. The first-order valence-electron chi connectivity index (χ1n) is 8.96. The molecule has 1 aromatic rings. The van der Waals surface area contributed by atoms with Gasteiger partial charge in [0.15, 0.2) is 0 Å². The van der Waals surface area contributed by atoms with Gasteiger partial charge in [-0.2, -0.15) is 0 Å². The maximum Gasteiger partial charge on any atom is 0.255 e. The Bertz CT molecular complexity index is 803. The van der Waals surface area contributed by atoms with Crippen molar-refractivity contribution < 1.29 is 19.1 Å². The second-order valence-corrected chi connectivity index (χ2v) is 6.51. The molecule has 1 saturated heterocycles. The second kappa shape index (κ2) is 8.66. The summed E-state index contributed by atoms with van der Waals surface area (Å²) in [5.74, 6) is -0.851. The van der Waals surface area contributed by atoms with Gasteiger partial charge in [-0.3, -0.25) is 19.7 Å². The van der Waals surface area contributed by atoms with Crippen LogP contribution < -0.4 is 5.32 Å². The molecule has 0 radical (unpaired) electrons. The summed E-state index contributed by atoms with van der Waals surface area (Å²) in [6.07, 6.45) is 2.13. The van der Waals surface area contributed by atoms with E-state index in [1.54, 1.807) is 11.0 Å². The van der Waals surface area contributed by atoms with Crippen molar-refractivity contribution >= 4 is 17.7 Å². The number of nitrogens with one attached hydrogen (secondary N) is 1. The number of azide groups is 1. The third kappa shape index (κ3) is 4.27. The summed E-state index contributed by atoms with van der Waals surface area (Å²) in [5, 5.41) is 5.72. The standard InChI is InChI=1S/C18H21N5O4/c19-22-20-8-10-27-9-2-4-12-3-1-5-13-14(12)11-23(18(13)26)15-6-7-16(24)21-17(15)25/h1,3,5,15H,2,4,6-11H2,(H,21,24,25). The Morgan fingerprint density at radius 2 is 2.15 bits per heavy atom. The van der Waals surface area contributed by atoms with Crippen molar-refractivity contribution in [2.24, 2.45) is 5.11 Å². The van der Waals surface area contributed by atoms with Gasteiger partial charge >= 0.3 is 0 Å². The smallest absolute Gasteiger partial charge is 0.255 e. The fourth-order valence-electron chi connectivity index (χ4n) is 3.50. The van der Waals surface area contributed by atoms with Gasteiger partial charge in [-0.25, -0.2) is 0 Å². The van der Waals surface area contributed by atoms with Crippen molar-refractivity contribution in [3.05, 3.63) is 45.3 Å². The zero-order valence-corrected chi connectivity index (χ0v) is 14.9. The van der Waals surface area contributed by atoms with E-state index in [2.05, 4.69) is 15.3 Å². The minimum atomic E-state index is -0.598. The molecule has 2 aliphatic heterocycles. The van der Waals surface area contributed by atoms with Crippen LogP contribution in [0.4, 0.5) is 0 Å². The molecular weight excluding hydrogens is 350 g/mol. The molecule has 0 saturated carbocycles. The molecule has 27 heavy (non-hydrogen) atoms. The van der Waals surface area contributed by atoms with Crippen LogP contribution in [0.3, 0.4) is 0 Å². The van der Waals surface area contributed by atoms with Gasteiger partial charge in [0.2, 0.25) is 11.8 Å². The number of benzene rings is 1. The molecule has 1 aromatic carbocycles. The summed E-state index contributed by atoms with van der Waals surface area (Å²) in [7, 11) is 0. The minimum Gasteiger partial charge on any atom is -0.381 e. The lowest BCUT2D eigenvalue weighted by atomic mass is 10.00. The van der Waals surface area contributed by atoms with E-state index in [9.17, 15) is 14.4 Å². The second-order valence-electron chi connectivity index (χ2n) is 6.51. The Balaban J connectivity index is 1.61. The SMILES string of the molecule is [N-]=[N+]=NCCOCCCc1cccc2c1CN(C1CCC(=O)NC1=O)C2=O. The van der Waals surface area contributed by atoms with E-state index in [0.29, 0.717) is 38.3 Å². The zero-order valence-electron chi connectivity index (χ0n) is 14.9. The summed E-state index contributed by atoms with van der Waals surface area (Å²) >= 11 is 0. The molecule has 0 bridgehead atoms. The van der Waals surface area contributed by atoms with Gasteiger partial charge < -0.3 is 9.64 Å². The number of piperidine rings is 1. The molecule has 1 fully saturated rings. The number of aryl methyl sites for hydroxylation is 1. The summed E-state index contributed by atoms with van der Waals surface area (Å²) in [6, 6.07) is 5.02. The molecule has 1 atom stereocenters. The number of hydrogen-bond acceptors (Lipinski definition) is 5. The number of nitrogens with zero attached hydrogens (tertiary/aromatic N) is 4. The van der Waals surface area contributed by atoms with Gasteiger partial charge in [-0.05, 0) is 42.0 Å². The first-order valence-corrected chi connectivity index (χ1v) is 8.96. The van der Waals surface area contributed by atoms with Crippen LogP contribution in [0.5, 0.6) is 0 Å². The van der Waals surface area contributed by atoms with Crippen molar-refractivity contribution in [2.75, 3.05) is 19.8 Å². The van der Waals surface area contributed by atoms with Crippen molar-refractivity contribution in [1.82, 2.24) is 10.2 Å². The van der Waals surface area contributed by atoms with Crippen LogP contribution in [-0.4, -0.2) is 48.4 Å². The Labute approximate surface area is 156 Å². The number of fused-ring (bicyclic) bond motifs is 1. The van der Waals surface area contributed by atoms with Crippen molar-refractivity contribution in [1.29, 1.82) is 0 Å². The maximum absolute atomic E-state index is 12.7. The fourth-order valence-corrected chi connectivity index (χ4v) is 3.50. The lowest BCUT2D eigenvalue weighted by molar-refractivity contribution is -0.136. The number of carbonyl (C=O) groups excluding carboxylic acids is 3. The average Bonchev–Trinajstić information content (AvgIpc) is 2.98. The molecule has 0 aliphatic carbocycles. The van der Waals surface area contributed by atoms with Crippen LogP contribution in [-0.2, 0) is 27.3 Å². The van der Waals surface area contributed by atoms with E-state index in [1.807, 2.05) is 12.1 Å². The molecular formula is C18H21N5O4. The molecule has 0 aromatic heterocycles. The predicted octanol–water partition coefficient (Wildman–Crippen LogP) is 1.71. The van der Waals surface area contributed by atoms with Gasteiger partial charge in [-0.1, -0.05) is 17.2 Å². The summed E-state index contributed by atoms with van der Waals surface area (Å²) < 4.78 is 5.41. The highest BCUT2D eigenvalue weighted by Gasteiger charge is 2.39. The molecule has 2 aliphatic rings. The van der Waals surface area contributed by atoms with Gasteiger partial charge in [0.05, 0.1) is 6.61 Å². The van der Waals surface area contributed by atoms with Crippen molar-refractivity contribution in [3.8, 4) is 0 Å². The highest BCUT2D eigenvalue weighted by molar-refractivity contribution is 6.05. The molecule has 1 N–H and O–H groups in total. The Hall–Kier alpha value is -2.90. The molecule has 142 valence electrons. The Morgan fingerprint density at radius 3 is 2.93 bits per heavy atom. The van der Waals surface area contributed by atoms with E-state index >= 15 is 0 Å². The van der Waals surface area contributed by atoms with Gasteiger partial charge in [-0.15, -0.1) is 0 Å². The van der Waals surface area contributed by atoms with E-state index in [0.717, 1.165) is 24.0 Å². The van der Waals surface area contributed by atoms with Crippen LogP contribution in [0.15, 0.2) is 23.3 Å². The molecule has 9 nitrogen and oxygen atoms in total. The highest BCUT2D eigenvalue weighted by Crippen LogP contribution is 2.30. The largest absolute Gasteiger partial charge is 0.381 e. The topological polar surface area (TPSA) is 124 Å². The number of ether oxygens (including phenoxy) is 1. The first-order chi connectivity index (χ1) is 13.1. The van der Waals surface area contributed by atoms with Crippen LogP contribution in [0.2, 0.25) is 0 Å². The Kier molecular flexibility index (Phi) is 6.05. The van der Waals surface area contributed by atoms with Crippen LogP contribution in [0.1, 0.15) is 40.7 Å². The lowest BCUT2D eigenvalue weighted by Crippen LogP contribution is -2.52. The zero-order chi connectivity index (χ0) is 19.2. The van der Waals surface area contributed by atoms with E-state index in [-0.39, 0.29) is 18.2 Å². The summed E-state index contributed by atoms with van der Waals surface area (Å²) in [5.41, 5.74) is 10.8. The molecule has 9 heteroatoms. The van der Waals surface area contributed by atoms with Crippen molar-refractivity contribution in [3.63, 3.8) is 0 Å². The van der Waals surface area contributed by atoms with Gasteiger partial charge in [0, 0.05) is 36.6 Å². The molecule has 3 rings (SSSR count). The van der Waals surface area contributed by atoms with Crippen molar-refractivity contribution in [2.45, 2.75) is 38.3 Å². The van der Waals surface area contributed by atoms with Crippen LogP contribution in [0.25, 0.3) is 10.4 Å². The lowest BCUT2D eigenvalue weighted by Gasteiger charge is -2.29. The molecule has 0 spiro atoms. The quantitative estimate of drug-likeness (QED) is 0.245.